The van der Waals surface area contributed by atoms with Gasteiger partial charge < -0.3 is 14.8 Å². The molecule has 0 fully saturated rings. The molecular weight excluding hydrogens is 344 g/mol. The molecule has 0 aliphatic carbocycles. The SMILES string of the molecule is Cc1sc(-c2ccco2)nc1C(=O)Nc1cnn(C(C)(C)C(=O)O)c1. The highest BCUT2D eigenvalue weighted by Gasteiger charge is 2.30. The Morgan fingerprint density at radius 1 is 1.40 bits per heavy atom. The number of carboxylic acids is 1. The van der Waals surface area contributed by atoms with Crippen LogP contribution in [0.25, 0.3) is 10.8 Å². The van der Waals surface area contributed by atoms with E-state index in [1.54, 1.807) is 25.3 Å². The first-order valence-corrected chi connectivity index (χ1v) is 8.22. The van der Waals surface area contributed by atoms with E-state index in [1.807, 2.05) is 0 Å². The highest BCUT2D eigenvalue weighted by atomic mass is 32.1. The Bertz CT molecular complexity index is 924. The van der Waals surface area contributed by atoms with Crippen molar-refractivity contribution in [3.05, 3.63) is 41.4 Å². The van der Waals surface area contributed by atoms with Crippen LogP contribution in [0.5, 0.6) is 0 Å². The number of anilines is 1. The van der Waals surface area contributed by atoms with Crippen molar-refractivity contribution < 1.29 is 19.1 Å². The van der Waals surface area contributed by atoms with E-state index in [1.165, 1.54) is 42.3 Å². The van der Waals surface area contributed by atoms with Crippen molar-refractivity contribution in [2.75, 3.05) is 5.32 Å². The van der Waals surface area contributed by atoms with Gasteiger partial charge in [0.15, 0.2) is 16.3 Å². The fourth-order valence-corrected chi connectivity index (χ4v) is 2.97. The molecule has 3 aromatic heterocycles. The second-order valence-corrected chi connectivity index (χ2v) is 7.10. The van der Waals surface area contributed by atoms with Crippen LogP contribution in [0.2, 0.25) is 0 Å². The topological polar surface area (TPSA) is 110 Å². The van der Waals surface area contributed by atoms with Gasteiger partial charge in [0.05, 0.1) is 18.1 Å². The summed E-state index contributed by atoms with van der Waals surface area (Å²) in [6, 6.07) is 3.53. The monoisotopic (exact) mass is 360 g/mol. The van der Waals surface area contributed by atoms with E-state index < -0.39 is 11.5 Å². The van der Waals surface area contributed by atoms with Crippen LogP contribution in [0.3, 0.4) is 0 Å². The lowest BCUT2D eigenvalue weighted by atomic mass is 10.1. The maximum Gasteiger partial charge on any atom is 0.331 e. The lowest BCUT2D eigenvalue weighted by molar-refractivity contribution is -0.146. The molecule has 25 heavy (non-hydrogen) atoms. The number of thiazole rings is 1. The normalized spacial score (nSPS) is 11.5. The number of carboxylic acid groups (broad SMARTS) is 1. The summed E-state index contributed by atoms with van der Waals surface area (Å²) in [7, 11) is 0. The number of rotatable bonds is 5. The second-order valence-electron chi connectivity index (χ2n) is 5.89. The van der Waals surface area contributed by atoms with Gasteiger partial charge in [-0.15, -0.1) is 11.3 Å². The van der Waals surface area contributed by atoms with Crippen LogP contribution in [-0.2, 0) is 10.3 Å². The third-order valence-electron chi connectivity index (χ3n) is 3.68. The number of amides is 1. The Morgan fingerprint density at radius 3 is 2.80 bits per heavy atom. The van der Waals surface area contributed by atoms with Crippen molar-refractivity contribution in [1.29, 1.82) is 0 Å². The molecule has 3 aromatic rings. The van der Waals surface area contributed by atoms with Gasteiger partial charge in [-0.1, -0.05) is 0 Å². The third-order valence-corrected chi connectivity index (χ3v) is 4.67. The van der Waals surface area contributed by atoms with Crippen molar-refractivity contribution >= 4 is 28.9 Å². The third kappa shape index (κ3) is 3.18. The largest absolute Gasteiger partial charge is 0.479 e. The minimum Gasteiger partial charge on any atom is -0.479 e. The lowest BCUT2D eigenvalue weighted by Crippen LogP contribution is -2.35. The molecular formula is C16H16N4O4S. The molecule has 0 aliphatic heterocycles. The number of carbonyl (C=O) groups is 2. The van der Waals surface area contributed by atoms with Gasteiger partial charge in [0.25, 0.3) is 5.91 Å². The number of carbonyl (C=O) groups excluding carboxylic acids is 1. The van der Waals surface area contributed by atoms with Crippen LogP contribution in [0.1, 0.15) is 29.2 Å². The number of aromatic nitrogens is 3. The number of nitrogens with one attached hydrogen (secondary N) is 1. The predicted molar refractivity (Wildman–Crippen MR) is 91.7 cm³/mol. The van der Waals surface area contributed by atoms with E-state index in [9.17, 15) is 14.7 Å². The van der Waals surface area contributed by atoms with Gasteiger partial charge in [0, 0.05) is 11.1 Å². The van der Waals surface area contributed by atoms with Crippen molar-refractivity contribution in [1.82, 2.24) is 14.8 Å². The van der Waals surface area contributed by atoms with Crippen LogP contribution < -0.4 is 5.32 Å². The number of nitrogens with zero attached hydrogens (tertiary/aromatic N) is 3. The van der Waals surface area contributed by atoms with Gasteiger partial charge in [-0.25, -0.2) is 9.78 Å². The Kier molecular flexibility index (Phi) is 4.17. The molecule has 0 spiro atoms. The van der Waals surface area contributed by atoms with E-state index >= 15 is 0 Å². The predicted octanol–water partition coefficient (Wildman–Crippen LogP) is 2.98. The zero-order chi connectivity index (χ0) is 18.2. The number of hydrogen-bond donors (Lipinski definition) is 2. The standard InChI is InChI=1S/C16H16N4O4S/c1-9-12(19-14(25-9)11-5-4-6-24-11)13(21)18-10-7-17-20(8-10)16(2,3)15(22)23/h4-8H,1-3H3,(H,18,21)(H,22,23). The first-order chi connectivity index (χ1) is 11.8. The van der Waals surface area contributed by atoms with Gasteiger partial charge >= 0.3 is 5.97 Å². The Labute approximate surface area is 147 Å². The molecule has 130 valence electrons. The molecule has 3 rings (SSSR count). The van der Waals surface area contributed by atoms with Gasteiger partial charge in [-0.2, -0.15) is 5.10 Å². The summed E-state index contributed by atoms with van der Waals surface area (Å²) in [4.78, 5) is 28.8. The van der Waals surface area contributed by atoms with Crippen LogP contribution >= 0.6 is 11.3 Å². The van der Waals surface area contributed by atoms with Gasteiger partial charge in [-0.3, -0.25) is 9.48 Å². The van der Waals surface area contributed by atoms with Crippen molar-refractivity contribution in [3.63, 3.8) is 0 Å². The molecule has 0 saturated carbocycles. The quantitative estimate of drug-likeness (QED) is 0.724. The molecule has 0 radical (unpaired) electrons. The maximum absolute atomic E-state index is 12.5. The van der Waals surface area contributed by atoms with Crippen LogP contribution in [-0.4, -0.2) is 31.7 Å². The zero-order valence-corrected chi connectivity index (χ0v) is 14.6. The van der Waals surface area contributed by atoms with Crippen LogP contribution in [0, 0.1) is 6.92 Å². The molecule has 0 unspecified atom stereocenters. The first kappa shape index (κ1) is 16.9. The van der Waals surface area contributed by atoms with Crippen molar-refractivity contribution in [2.24, 2.45) is 0 Å². The first-order valence-electron chi connectivity index (χ1n) is 7.40. The Hall–Kier alpha value is -2.94. The molecule has 8 nitrogen and oxygen atoms in total. The summed E-state index contributed by atoms with van der Waals surface area (Å²) in [5.74, 6) is -0.811. The fourth-order valence-electron chi connectivity index (χ4n) is 2.09. The molecule has 2 N–H and O–H groups in total. The van der Waals surface area contributed by atoms with Gasteiger partial charge in [-0.05, 0) is 32.9 Å². The highest BCUT2D eigenvalue weighted by molar-refractivity contribution is 7.15. The smallest absolute Gasteiger partial charge is 0.331 e. The lowest BCUT2D eigenvalue weighted by Gasteiger charge is -2.19. The summed E-state index contributed by atoms with van der Waals surface area (Å²) in [6.07, 6.45) is 4.42. The van der Waals surface area contributed by atoms with Gasteiger partial charge in [0.2, 0.25) is 0 Å². The van der Waals surface area contributed by atoms with E-state index in [4.69, 9.17) is 4.42 Å². The summed E-state index contributed by atoms with van der Waals surface area (Å²) in [6.45, 7) is 4.85. The Balaban J connectivity index is 1.80. The second kappa shape index (κ2) is 6.17. The maximum atomic E-state index is 12.5. The number of hydrogen-bond acceptors (Lipinski definition) is 6. The number of furan rings is 1. The van der Waals surface area contributed by atoms with E-state index in [2.05, 4.69) is 15.4 Å². The minimum absolute atomic E-state index is 0.293. The summed E-state index contributed by atoms with van der Waals surface area (Å²) < 4.78 is 6.58. The molecule has 9 heteroatoms. The summed E-state index contributed by atoms with van der Waals surface area (Å²) in [5.41, 5.74) is -0.528. The van der Waals surface area contributed by atoms with E-state index in [0.29, 0.717) is 22.1 Å². The van der Waals surface area contributed by atoms with Crippen LogP contribution in [0.15, 0.2) is 35.2 Å². The van der Waals surface area contributed by atoms with Crippen LogP contribution in [0.4, 0.5) is 5.69 Å². The van der Waals surface area contributed by atoms with E-state index in [-0.39, 0.29) is 5.91 Å². The summed E-state index contributed by atoms with van der Waals surface area (Å²) in [5, 5.41) is 16.5. The van der Waals surface area contributed by atoms with Gasteiger partial charge in [0.1, 0.15) is 5.69 Å². The minimum atomic E-state index is -1.22. The average Bonchev–Trinajstić information content (AvgIpc) is 3.26. The molecule has 0 aromatic carbocycles. The zero-order valence-electron chi connectivity index (χ0n) is 13.8. The number of aliphatic carboxylic acids is 1. The van der Waals surface area contributed by atoms with Crippen molar-refractivity contribution in [2.45, 2.75) is 26.3 Å². The molecule has 3 heterocycles. The average molecular weight is 360 g/mol. The molecule has 0 atom stereocenters. The van der Waals surface area contributed by atoms with Crippen molar-refractivity contribution in [3.8, 4) is 10.8 Å². The number of aryl methyl sites for hydroxylation is 1. The molecule has 1 amide bonds. The Morgan fingerprint density at radius 2 is 2.16 bits per heavy atom. The highest BCUT2D eigenvalue weighted by Crippen LogP contribution is 2.28. The fraction of sp³-hybridized carbons (Fsp3) is 0.250. The molecule has 0 aliphatic rings. The molecule has 0 saturated heterocycles. The summed E-state index contributed by atoms with van der Waals surface area (Å²) >= 11 is 1.36. The van der Waals surface area contributed by atoms with E-state index in [0.717, 1.165) is 4.88 Å². The molecule has 0 bridgehead atoms.